The van der Waals surface area contributed by atoms with Gasteiger partial charge in [-0.2, -0.15) is 0 Å². The highest BCUT2D eigenvalue weighted by molar-refractivity contribution is 7.90. The first-order chi connectivity index (χ1) is 11.8. The Morgan fingerprint density at radius 1 is 1.12 bits per heavy atom. The van der Waals surface area contributed by atoms with E-state index in [1.54, 1.807) is 42.5 Å². The Morgan fingerprint density at radius 2 is 1.76 bits per heavy atom. The molecule has 0 saturated heterocycles. The number of rotatable bonds is 6. The molecular weight excluding hydrogens is 340 g/mol. The monoisotopic (exact) mass is 362 g/mol. The topological polar surface area (TPSA) is 84.5 Å². The second-order valence-electron chi connectivity index (χ2n) is 5.60. The lowest BCUT2D eigenvalue weighted by atomic mass is 10.1. The largest absolute Gasteiger partial charge is 0.495 e. The van der Waals surface area contributed by atoms with Crippen molar-refractivity contribution >= 4 is 21.6 Å². The minimum absolute atomic E-state index is 0.233. The summed E-state index contributed by atoms with van der Waals surface area (Å²) in [6.45, 7) is 1.94. The second-order valence-corrected chi connectivity index (χ2v) is 7.62. The highest BCUT2D eigenvalue weighted by Crippen LogP contribution is 2.24. The Hall–Kier alpha value is -2.54. The van der Waals surface area contributed by atoms with Crippen LogP contribution in [0.5, 0.6) is 5.75 Å². The second kappa shape index (κ2) is 8.02. The van der Waals surface area contributed by atoms with Crippen molar-refractivity contribution in [3.8, 4) is 5.75 Å². The Morgan fingerprint density at radius 3 is 2.32 bits per heavy atom. The number of anilines is 1. The fourth-order valence-electron chi connectivity index (χ4n) is 2.43. The van der Waals surface area contributed by atoms with Gasteiger partial charge < -0.3 is 15.4 Å². The lowest BCUT2D eigenvalue weighted by Gasteiger charge is -2.19. The number of carbonyl (C=O) groups is 1. The molecule has 2 aromatic rings. The summed E-state index contributed by atoms with van der Waals surface area (Å²) in [4.78, 5) is 12.5. The van der Waals surface area contributed by atoms with Crippen molar-refractivity contribution in [3.05, 3.63) is 54.1 Å². The van der Waals surface area contributed by atoms with E-state index < -0.39 is 9.84 Å². The molecule has 2 amide bonds. The van der Waals surface area contributed by atoms with Crippen molar-refractivity contribution in [1.29, 1.82) is 0 Å². The molecule has 0 saturated carbocycles. The number of carbonyl (C=O) groups excluding carboxylic acids is 1. The molecule has 0 aliphatic carbocycles. The zero-order valence-corrected chi connectivity index (χ0v) is 15.3. The van der Waals surface area contributed by atoms with Crippen LogP contribution in [0.15, 0.2) is 53.4 Å². The van der Waals surface area contributed by atoms with Crippen LogP contribution in [0, 0.1) is 0 Å². The van der Waals surface area contributed by atoms with Gasteiger partial charge in [-0.25, -0.2) is 13.2 Å². The number of hydrogen-bond donors (Lipinski definition) is 2. The van der Waals surface area contributed by atoms with Crippen LogP contribution in [0.2, 0.25) is 0 Å². The molecule has 2 rings (SSSR count). The number of nitrogens with one attached hydrogen (secondary N) is 2. The highest BCUT2D eigenvalue weighted by atomic mass is 32.2. The molecule has 0 bridgehead atoms. The molecule has 0 aromatic heterocycles. The van der Waals surface area contributed by atoms with E-state index in [-0.39, 0.29) is 17.0 Å². The number of para-hydroxylation sites is 2. The van der Waals surface area contributed by atoms with E-state index in [2.05, 4.69) is 10.6 Å². The van der Waals surface area contributed by atoms with Crippen molar-refractivity contribution in [2.45, 2.75) is 24.3 Å². The molecule has 6 nitrogen and oxygen atoms in total. The van der Waals surface area contributed by atoms with Crippen LogP contribution in [-0.4, -0.2) is 27.8 Å². The predicted molar refractivity (Wildman–Crippen MR) is 97.7 cm³/mol. The van der Waals surface area contributed by atoms with Gasteiger partial charge in [0.25, 0.3) is 0 Å². The van der Waals surface area contributed by atoms with E-state index in [9.17, 15) is 13.2 Å². The third-order valence-electron chi connectivity index (χ3n) is 3.78. The summed E-state index contributed by atoms with van der Waals surface area (Å²) >= 11 is 0. The summed E-state index contributed by atoms with van der Waals surface area (Å²) in [7, 11) is -1.70. The van der Waals surface area contributed by atoms with Crippen molar-refractivity contribution in [1.82, 2.24) is 5.32 Å². The van der Waals surface area contributed by atoms with E-state index in [0.29, 0.717) is 17.9 Å². The Kier molecular flexibility index (Phi) is 6.03. The Bertz CT molecular complexity index is 832. The van der Waals surface area contributed by atoms with E-state index in [1.165, 1.54) is 7.11 Å². The number of amides is 2. The third kappa shape index (κ3) is 4.96. The molecule has 0 heterocycles. The van der Waals surface area contributed by atoms with E-state index >= 15 is 0 Å². The maximum Gasteiger partial charge on any atom is 0.319 e. The maximum absolute atomic E-state index is 12.3. The first kappa shape index (κ1) is 18.8. The third-order valence-corrected chi connectivity index (χ3v) is 4.91. The van der Waals surface area contributed by atoms with Gasteiger partial charge in [0.2, 0.25) is 0 Å². The SMILES string of the molecule is CC[C@H](NC(=O)Nc1ccccc1OC)c1ccc(S(C)(=O)=O)cc1. The summed E-state index contributed by atoms with van der Waals surface area (Å²) in [5.74, 6) is 0.572. The number of hydrogen-bond acceptors (Lipinski definition) is 4. The zero-order valence-electron chi connectivity index (χ0n) is 14.4. The molecular formula is C18H22N2O4S. The molecule has 2 aromatic carbocycles. The summed E-state index contributed by atoms with van der Waals surface area (Å²) in [5.41, 5.74) is 1.41. The quantitative estimate of drug-likeness (QED) is 0.825. The van der Waals surface area contributed by atoms with Crippen molar-refractivity contribution in [3.63, 3.8) is 0 Å². The lowest BCUT2D eigenvalue weighted by Crippen LogP contribution is -2.32. The molecule has 0 radical (unpaired) electrons. The lowest BCUT2D eigenvalue weighted by molar-refractivity contribution is 0.248. The van der Waals surface area contributed by atoms with Crippen LogP contribution in [-0.2, 0) is 9.84 Å². The van der Waals surface area contributed by atoms with Gasteiger partial charge in [0.05, 0.1) is 23.7 Å². The summed E-state index contributed by atoms with van der Waals surface area (Å²) in [6.07, 6.45) is 1.83. The molecule has 7 heteroatoms. The predicted octanol–water partition coefficient (Wildman–Crippen LogP) is 3.37. The van der Waals surface area contributed by atoms with Gasteiger partial charge in [0, 0.05) is 6.26 Å². The van der Waals surface area contributed by atoms with Gasteiger partial charge in [-0.1, -0.05) is 31.2 Å². The Balaban J connectivity index is 2.09. The minimum atomic E-state index is -3.24. The molecule has 0 aliphatic rings. The summed E-state index contributed by atoms with van der Waals surface area (Å²) in [6, 6.07) is 13.1. The van der Waals surface area contributed by atoms with Gasteiger partial charge in [-0.3, -0.25) is 0 Å². The first-order valence-electron chi connectivity index (χ1n) is 7.85. The molecule has 0 unspecified atom stereocenters. The van der Waals surface area contributed by atoms with E-state index in [0.717, 1.165) is 11.8 Å². The van der Waals surface area contributed by atoms with Gasteiger partial charge in [-0.05, 0) is 36.2 Å². The van der Waals surface area contributed by atoms with E-state index in [1.807, 2.05) is 13.0 Å². The van der Waals surface area contributed by atoms with Crippen molar-refractivity contribution in [2.75, 3.05) is 18.7 Å². The molecule has 0 fully saturated rings. The van der Waals surface area contributed by atoms with Gasteiger partial charge in [0.1, 0.15) is 5.75 Å². The molecule has 2 N–H and O–H groups in total. The van der Waals surface area contributed by atoms with Gasteiger partial charge in [-0.15, -0.1) is 0 Å². The van der Waals surface area contributed by atoms with Crippen LogP contribution in [0.3, 0.4) is 0 Å². The molecule has 25 heavy (non-hydrogen) atoms. The number of methoxy groups -OCH3 is 1. The smallest absolute Gasteiger partial charge is 0.319 e. The van der Waals surface area contributed by atoms with Crippen LogP contribution in [0.25, 0.3) is 0 Å². The fraction of sp³-hybridized carbons (Fsp3) is 0.278. The molecule has 1 atom stereocenters. The average Bonchev–Trinajstić information content (AvgIpc) is 2.59. The Labute approximate surface area is 148 Å². The summed E-state index contributed by atoms with van der Waals surface area (Å²) in [5, 5.41) is 5.65. The number of sulfone groups is 1. The van der Waals surface area contributed by atoms with Crippen molar-refractivity contribution in [2.24, 2.45) is 0 Å². The van der Waals surface area contributed by atoms with Crippen molar-refractivity contribution < 1.29 is 17.9 Å². The minimum Gasteiger partial charge on any atom is -0.495 e. The molecule has 0 aliphatic heterocycles. The molecule has 134 valence electrons. The van der Waals surface area contributed by atoms with Crippen LogP contribution < -0.4 is 15.4 Å². The van der Waals surface area contributed by atoms with Crippen LogP contribution >= 0.6 is 0 Å². The zero-order chi connectivity index (χ0) is 18.4. The van der Waals surface area contributed by atoms with Crippen LogP contribution in [0.4, 0.5) is 10.5 Å². The first-order valence-corrected chi connectivity index (χ1v) is 9.75. The molecule has 0 spiro atoms. The number of benzene rings is 2. The van der Waals surface area contributed by atoms with Gasteiger partial charge in [0.15, 0.2) is 9.84 Å². The number of ether oxygens (including phenoxy) is 1. The normalized spacial score (nSPS) is 12.3. The maximum atomic E-state index is 12.3. The average molecular weight is 362 g/mol. The number of urea groups is 1. The summed E-state index contributed by atoms with van der Waals surface area (Å²) < 4.78 is 28.3. The highest BCUT2D eigenvalue weighted by Gasteiger charge is 2.15. The van der Waals surface area contributed by atoms with Crippen LogP contribution in [0.1, 0.15) is 24.9 Å². The standard InChI is InChI=1S/C18H22N2O4S/c1-4-15(13-9-11-14(12-10-13)25(3,22)23)19-18(21)20-16-7-5-6-8-17(16)24-2/h5-12,15H,4H2,1-3H3,(H2,19,20,21)/t15-/m0/s1. The van der Waals surface area contributed by atoms with Gasteiger partial charge >= 0.3 is 6.03 Å². The van der Waals surface area contributed by atoms with E-state index in [4.69, 9.17) is 4.74 Å². The fourth-order valence-corrected chi connectivity index (χ4v) is 3.06.